The van der Waals surface area contributed by atoms with Crippen molar-refractivity contribution in [2.45, 2.75) is 17.9 Å². The van der Waals surface area contributed by atoms with Crippen LogP contribution in [0.3, 0.4) is 0 Å². The minimum absolute atomic E-state index is 0.0455. The lowest BCUT2D eigenvalue weighted by molar-refractivity contribution is -0.172. The second-order valence-electron chi connectivity index (χ2n) is 2.92. The highest BCUT2D eigenvalue weighted by Crippen LogP contribution is 2.16. The maximum Gasteiger partial charge on any atom is 0.411 e. The number of alkyl halides is 3. The average Bonchev–Trinajstić information content (AvgIpc) is 2.64. The number of aliphatic hydroxyl groups is 1. The quantitative estimate of drug-likeness (QED) is 0.570. The van der Waals surface area contributed by atoms with Crippen LogP contribution in [0, 0.1) is 0 Å². The van der Waals surface area contributed by atoms with Crippen LogP contribution in [0.5, 0.6) is 0 Å². The standard InChI is InChI=1S/C7H11F3N4O2S/c8-7(9,10)5-16-3-4-17-6-11-12-13-14(6)1-2-15/h15H,1-5H2. The highest BCUT2D eigenvalue weighted by molar-refractivity contribution is 7.99. The summed E-state index contributed by atoms with van der Waals surface area (Å²) < 4.78 is 41.0. The van der Waals surface area contributed by atoms with Crippen molar-refractivity contribution in [3.05, 3.63) is 0 Å². The monoisotopic (exact) mass is 272 g/mol. The Morgan fingerprint density at radius 3 is 2.82 bits per heavy atom. The molecule has 0 aliphatic carbocycles. The van der Waals surface area contributed by atoms with Crippen molar-refractivity contribution in [3.63, 3.8) is 0 Å². The number of aromatic nitrogens is 4. The Morgan fingerprint density at radius 1 is 1.41 bits per heavy atom. The van der Waals surface area contributed by atoms with Gasteiger partial charge < -0.3 is 9.84 Å². The van der Waals surface area contributed by atoms with E-state index in [4.69, 9.17) is 5.11 Å². The number of tetrazole rings is 1. The zero-order valence-corrected chi connectivity index (χ0v) is 9.54. The molecule has 0 unspecified atom stereocenters. The van der Waals surface area contributed by atoms with E-state index in [1.165, 1.54) is 16.4 Å². The van der Waals surface area contributed by atoms with E-state index in [0.29, 0.717) is 10.9 Å². The van der Waals surface area contributed by atoms with Gasteiger partial charge in [-0.05, 0) is 10.4 Å². The van der Waals surface area contributed by atoms with Gasteiger partial charge in [0.25, 0.3) is 0 Å². The molecule has 0 bridgehead atoms. The topological polar surface area (TPSA) is 73.1 Å². The maximum atomic E-state index is 11.7. The Labute approximate surface area is 99.1 Å². The third-order valence-corrected chi connectivity index (χ3v) is 2.46. The van der Waals surface area contributed by atoms with Gasteiger partial charge in [-0.3, -0.25) is 0 Å². The molecule has 0 saturated heterocycles. The Hall–Kier alpha value is -0.870. The predicted molar refractivity (Wildman–Crippen MR) is 52.5 cm³/mol. The van der Waals surface area contributed by atoms with Crippen LogP contribution in [0.4, 0.5) is 13.2 Å². The van der Waals surface area contributed by atoms with E-state index >= 15 is 0 Å². The van der Waals surface area contributed by atoms with Gasteiger partial charge in [0.05, 0.1) is 19.8 Å². The number of hydrogen-bond acceptors (Lipinski definition) is 6. The largest absolute Gasteiger partial charge is 0.411 e. The van der Waals surface area contributed by atoms with Crippen LogP contribution in [0.25, 0.3) is 0 Å². The van der Waals surface area contributed by atoms with Crippen LogP contribution < -0.4 is 0 Å². The SMILES string of the molecule is OCCn1nnnc1SCCOCC(F)(F)F. The van der Waals surface area contributed by atoms with Gasteiger partial charge in [-0.1, -0.05) is 11.8 Å². The van der Waals surface area contributed by atoms with E-state index < -0.39 is 12.8 Å². The number of nitrogens with zero attached hydrogens (tertiary/aromatic N) is 4. The van der Waals surface area contributed by atoms with Gasteiger partial charge in [0, 0.05) is 5.75 Å². The third kappa shape index (κ3) is 5.84. The summed E-state index contributed by atoms with van der Waals surface area (Å²) in [6, 6.07) is 0. The molecule has 1 aromatic rings. The molecule has 0 atom stereocenters. The Bertz CT molecular complexity index is 333. The Kier molecular flexibility index (Phi) is 5.65. The maximum absolute atomic E-state index is 11.7. The first-order chi connectivity index (χ1) is 8.03. The molecule has 0 aliphatic rings. The summed E-state index contributed by atoms with van der Waals surface area (Å²) in [6.45, 7) is -1.16. The summed E-state index contributed by atoms with van der Waals surface area (Å²) in [7, 11) is 0. The second kappa shape index (κ2) is 6.77. The first-order valence-corrected chi connectivity index (χ1v) is 5.66. The molecule has 98 valence electrons. The zero-order valence-electron chi connectivity index (χ0n) is 8.72. The van der Waals surface area contributed by atoms with E-state index in [1.807, 2.05) is 0 Å². The number of ether oxygens (including phenoxy) is 1. The van der Waals surface area contributed by atoms with Crippen molar-refractivity contribution in [2.75, 3.05) is 25.6 Å². The van der Waals surface area contributed by atoms with Crippen molar-refractivity contribution in [3.8, 4) is 0 Å². The average molecular weight is 272 g/mol. The van der Waals surface area contributed by atoms with Crippen LogP contribution in [-0.4, -0.2) is 57.1 Å². The number of aliphatic hydroxyl groups excluding tert-OH is 1. The molecule has 0 radical (unpaired) electrons. The molecule has 17 heavy (non-hydrogen) atoms. The lowest BCUT2D eigenvalue weighted by Crippen LogP contribution is -2.18. The molecule has 6 nitrogen and oxygen atoms in total. The minimum atomic E-state index is -4.30. The second-order valence-corrected chi connectivity index (χ2v) is 3.99. The summed E-state index contributed by atoms with van der Waals surface area (Å²) in [5.41, 5.74) is 0. The summed E-state index contributed by atoms with van der Waals surface area (Å²) in [4.78, 5) is 0. The van der Waals surface area contributed by atoms with E-state index in [1.54, 1.807) is 0 Å². The van der Waals surface area contributed by atoms with Gasteiger partial charge >= 0.3 is 6.18 Å². The van der Waals surface area contributed by atoms with Crippen molar-refractivity contribution in [2.24, 2.45) is 0 Å². The van der Waals surface area contributed by atoms with E-state index in [-0.39, 0.29) is 19.8 Å². The Balaban J connectivity index is 2.20. The molecule has 0 aliphatic heterocycles. The predicted octanol–water partition coefficient (Wildman–Crippen LogP) is 0.336. The first kappa shape index (κ1) is 14.2. The molecule has 0 aromatic carbocycles. The molecule has 1 rings (SSSR count). The summed E-state index contributed by atoms with van der Waals surface area (Å²) in [5.74, 6) is 0.307. The van der Waals surface area contributed by atoms with Gasteiger partial charge in [-0.15, -0.1) is 5.10 Å². The molecular formula is C7H11F3N4O2S. The molecule has 1 N–H and O–H groups in total. The minimum Gasteiger partial charge on any atom is -0.394 e. The summed E-state index contributed by atoms with van der Waals surface area (Å²) in [6.07, 6.45) is -4.30. The third-order valence-electron chi connectivity index (χ3n) is 1.54. The number of halogens is 3. The number of hydrogen-bond donors (Lipinski definition) is 1. The van der Waals surface area contributed by atoms with Crippen LogP contribution >= 0.6 is 11.8 Å². The van der Waals surface area contributed by atoms with Crippen molar-refractivity contribution in [1.82, 2.24) is 20.2 Å². The number of thioether (sulfide) groups is 1. The van der Waals surface area contributed by atoms with Gasteiger partial charge in [0.15, 0.2) is 0 Å². The van der Waals surface area contributed by atoms with Crippen molar-refractivity contribution < 1.29 is 23.0 Å². The van der Waals surface area contributed by atoms with Gasteiger partial charge in [0.1, 0.15) is 6.61 Å². The normalized spacial score (nSPS) is 12.0. The molecular weight excluding hydrogens is 261 g/mol. The van der Waals surface area contributed by atoms with E-state index in [0.717, 1.165) is 0 Å². The van der Waals surface area contributed by atoms with Gasteiger partial charge in [-0.25, -0.2) is 4.68 Å². The summed E-state index contributed by atoms with van der Waals surface area (Å²) >= 11 is 1.17. The molecule has 0 fully saturated rings. The highest BCUT2D eigenvalue weighted by Gasteiger charge is 2.27. The molecule has 10 heteroatoms. The van der Waals surface area contributed by atoms with Crippen LogP contribution in [0.15, 0.2) is 5.16 Å². The van der Waals surface area contributed by atoms with Crippen molar-refractivity contribution >= 4 is 11.8 Å². The zero-order chi connectivity index (χ0) is 12.7. The molecule has 1 aromatic heterocycles. The number of rotatable bonds is 7. The Morgan fingerprint density at radius 2 is 2.18 bits per heavy atom. The highest BCUT2D eigenvalue weighted by atomic mass is 32.2. The van der Waals surface area contributed by atoms with Crippen LogP contribution in [0.1, 0.15) is 0 Å². The summed E-state index contributed by atoms with van der Waals surface area (Å²) in [5, 5.41) is 19.8. The van der Waals surface area contributed by atoms with Gasteiger partial charge in [0.2, 0.25) is 5.16 Å². The smallest absolute Gasteiger partial charge is 0.394 e. The van der Waals surface area contributed by atoms with E-state index in [2.05, 4.69) is 20.3 Å². The van der Waals surface area contributed by atoms with Crippen molar-refractivity contribution in [1.29, 1.82) is 0 Å². The molecule has 0 saturated carbocycles. The molecule has 0 amide bonds. The lowest BCUT2D eigenvalue weighted by atomic mass is 10.7. The molecule has 0 spiro atoms. The van der Waals surface area contributed by atoms with Crippen LogP contribution in [0.2, 0.25) is 0 Å². The fourth-order valence-electron chi connectivity index (χ4n) is 0.915. The van der Waals surface area contributed by atoms with Crippen LogP contribution in [-0.2, 0) is 11.3 Å². The van der Waals surface area contributed by atoms with Gasteiger partial charge in [-0.2, -0.15) is 13.2 Å². The first-order valence-electron chi connectivity index (χ1n) is 4.67. The lowest BCUT2D eigenvalue weighted by Gasteiger charge is -2.06. The molecule has 1 heterocycles. The fraction of sp³-hybridized carbons (Fsp3) is 0.857. The fourth-order valence-corrected chi connectivity index (χ4v) is 1.67. The van der Waals surface area contributed by atoms with E-state index in [9.17, 15) is 13.2 Å².